The molecule has 82 valence electrons. The number of nitrogens with two attached hydrogens (primary N) is 1. The van der Waals surface area contributed by atoms with Crippen molar-refractivity contribution in [1.29, 1.82) is 0 Å². The van der Waals surface area contributed by atoms with Crippen LogP contribution < -0.4 is 11.1 Å². The number of rotatable bonds is 4. The zero-order chi connectivity index (χ0) is 11.4. The van der Waals surface area contributed by atoms with Gasteiger partial charge in [0.15, 0.2) is 0 Å². The number of carbonyl (C=O) groups excluding carboxylic acids is 1. The Morgan fingerprint density at radius 2 is 2.33 bits per heavy atom. The summed E-state index contributed by atoms with van der Waals surface area (Å²) in [6.07, 6.45) is 1.49. The van der Waals surface area contributed by atoms with Crippen molar-refractivity contribution >= 4 is 39.6 Å². The van der Waals surface area contributed by atoms with E-state index in [0.29, 0.717) is 5.00 Å². The van der Waals surface area contributed by atoms with Crippen LogP contribution in [0.5, 0.6) is 0 Å². The molecule has 1 unspecified atom stereocenters. The van der Waals surface area contributed by atoms with E-state index in [4.69, 9.17) is 18.0 Å². The normalized spacial score (nSPS) is 12.5. The number of amides is 1. The lowest BCUT2D eigenvalue weighted by Gasteiger charge is -2.17. The molecule has 1 amide bonds. The lowest BCUT2D eigenvalue weighted by molar-refractivity contribution is -0.118. The molecule has 7 heteroatoms. The number of nitrogens with one attached hydrogen (secondary N) is 1. The van der Waals surface area contributed by atoms with Crippen molar-refractivity contribution in [3.05, 3.63) is 6.20 Å². The summed E-state index contributed by atoms with van der Waals surface area (Å²) in [6.45, 7) is 3.79. The summed E-state index contributed by atoms with van der Waals surface area (Å²) in [6, 6.07) is 0. The van der Waals surface area contributed by atoms with Gasteiger partial charge in [0.1, 0.15) is 5.00 Å². The van der Waals surface area contributed by atoms with Gasteiger partial charge in [0.2, 0.25) is 5.91 Å². The number of aromatic nitrogens is 2. The molecular formula is C8H12N4OS2. The zero-order valence-electron chi connectivity index (χ0n) is 8.43. The van der Waals surface area contributed by atoms with Crippen molar-refractivity contribution in [2.45, 2.75) is 13.8 Å². The van der Waals surface area contributed by atoms with Crippen molar-refractivity contribution in [3.63, 3.8) is 0 Å². The Morgan fingerprint density at radius 3 is 2.73 bits per heavy atom. The molecule has 0 fully saturated rings. The zero-order valence-corrected chi connectivity index (χ0v) is 10.1. The number of thiocarbonyl (C=S) groups is 1. The average molecular weight is 244 g/mol. The molecule has 3 N–H and O–H groups in total. The van der Waals surface area contributed by atoms with Crippen LogP contribution in [0.4, 0.5) is 5.00 Å². The van der Waals surface area contributed by atoms with Crippen molar-refractivity contribution in [2.24, 2.45) is 17.6 Å². The minimum Gasteiger partial charge on any atom is -0.393 e. The van der Waals surface area contributed by atoms with E-state index in [1.54, 1.807) is 0 Å². The number of nitrogens with zero attached hydrogens (tertiary/aromatic N) is 2. The van der Waals surface area contributed by atoms with E-state index in [2.05, 4.69) is 14.9 Å². The highest BCUT2D eigenvalue weighted by Gasteiger charge is 2.25. The Kier molecular flexibility index (Phi) is 4.10. The molecular weight excluding hydrogens is 232 g/mol. The molecule has 1 heterocycles. The Balaban J connectivity index is 2.69. The minimum atomic E-state index is -0.456. The van der Waals surface area contributed by atoms with E-state index in [-0.39, 0.29) is 16.8 Å². The summed E-state index contributed by atoms with van der Waals surface area (Å²) in [5.74, 6) is -0.589. The highest BCUT2D eigenvalue weighted by Crippen LogP contribution is 2.16. The Morgan fingerprint density at radius 1 is 1.67 bits per heavy atom. The van der Waals surface area contributed by atoms with Crippen LogP contribution in [-0.4, -0.2) is 20.5 Å². The lowest BCUT2D eigenvalue weighted by atomic mass is 9.95. The maximum atomic E-state index is 11.8. The fraction of sp³-hybridized carbons (Fsp3) is 0.500. The van der Waals surface area contributed by atoms with Gasteiger partial charge < -0.3 is 11.1 Å². The second kappa shape index (κ2) is 5.13. The molecule has 1 aromatic rings. The van der Waals surface area contributed by atoms with E-state index in [9.17, 15) is 4.79 Å². The summed E-state index contributed by atoms with van der Waals surface area (Å²) in [5.41, 5.74) is 5.51. The van der Waals surface area contributed by atoms with E-state index in [1.165, 1.54) is 6.20 Å². The molecule has 0 aliphatic carbocycles. The van der Waals surface area contributed by atoms with Crippen LogP contribution in [0, 0.1) is 11.8 Å². The van der Waals surface area contributed by atoms with Crippen LogP contribution in [0.15, 0.2) is 6.20 Å². The predicted molar refractivity (Wildman–Crippen MR) is 63.7 cm³/mol. The topological polar surface area (TPSA) is 80.9 Å². The minimum absolute atomic E-state index is 0.0726. The van der Waals surface area contributed by atoms with Crippen LogP contribution in [0.25, 0.3) is 0 Å². The van der Waals surface area contributed by atoms with Crippen molar-refractivity contribution in [3.8, 4) is 0 Å². The summed E-state index contributed by atoms with van der Waals surface area (Å²) >= 11 is 5.97. The van der Waals surface area contributed by atoms with E-state index in [1.807, 2.05) is 13.8 Å². The highest BCUT2D eigenvalue weighted by molar-refractivity contribution is 7.80. The molecule has 1 aromatic heterocycles. The van der Waals surface area contributed by atoms with Gasteiger partial charge in [0.25, 0.3) is 0 Å². The summed E-state index contributed by atoms with van der Waals surface area (Å²) in [7, 11) is 0. The monoisotopic (exact) mass is 244 g/mol. The Hall–Kier alpha value is -1.08. The van der Waals surface area contributed by atoms with Gasteiger partial charge in [-0.1, -0.05) is 30.6 Å². The molecule has 0 aliphatic rings. The fourth-order valence-electron chi connectivity index (χ4n) is 1.18. The van der Waals surface area contributed by atoms with Gasteiger partial charge >= 0.3 is 0 Å². The van der Waals surface area contributed by atoms with Gasteiger partial charge in [-0.15, -0.1) is 5.10 Å². The van der Waals surface area contributed by atoms with Crippen molar-refractivity contribution < 1.29 is 4.79 Å². The van der Waals surface area contributed by atoms with Crippen LogP contribution in [-0.2, 0) is 4.79 Å². The first kappa shape index (κ1) is 12.0. The maximum Gasteiger partial charge on any atom is 0.235 e. The maximum absolute atomic E-state index is 11.8. The third-order valence-electron chi connectivity index (χ3n) is 1.86. The van der Waals surface area contributed by atoms with E-state index in [0.717, 1.165) is 11.5 Å². The Labute approximate surface area is 97.2 Å². The number of carbonyl (C=O) groups is 1. The van der Waals surface area contributed by atoms with Crippen molar-refractivity contribution in [1.82, 2.24) is 9.59 Å². The molecule has 0 bridgehead atoms. The van der Waals surface area contributed by atoms with Crippen molar-refractivity contribution in [2.75, 3.05) is 5.32 Å². The van der Waals surface area contributed by atoms with Crippen LogP contribution >= 0.6 is 23.8 Å². The van der Waals surface area contributed by atoms with Gasteiger partial charge in [-0.25, -0.2) is 0 Å². The largest absolute Gasteiger partial charge is 0.393 e. The second-order valence-electron chi connectivity index (χ2n) is 3.40. The second-order valence-corrected chi connectivity index (χ2v) is 4.65. The number of anilines is 1. The molecule has 5 nitrogen and oxygen atoms in total. The number of hydrogen-bond acceptors (Lipinski definition) is 5. The summed E-state index contributed by atoms with van der Waals surface area (Å²) in [5, 5.41) is 6.88. The summed E-state index contributed by atoms with van der Waals surface area (Å²) in [4.78, 5) is 12.0. The van der Waals surface area contributed by atoms with Crippen LogP contribution in [0.1, 0.15) is 13.8 Å². The Bertz CT molecular complexity index is 350. The molecule has 0 spiro atoms. The quantitative estimate of drug-likeness (QED) is 0.773. The first-order valence-electron chi connectivity index (χ1n) is 4.40. The van der Waals surface area contributed by atoms with Crippen LogP contribution in [0.2, 0.25) is 0 Å². The SMILES string of the molecule is CC(C)C(C(=O)Nc1cnns1)C(N)=S. The summed E-state index contributed by atoms with van der Waals surface area (Å²) < 4.78 is 3.64. The smallest absolute Gasteiger partial charge is 0.235 e. The number of hydrogen-bond donors (Lipinski definition) is 2. The van der Waals surface area contributed by atoms with Gasteiger partial charge in [0, 0.05) is 11.5 Å². The molecule has 0 radical (unpaired) electrons. The van der Waals surface area contributed by atoms with Gasteiger partial charge in [-0.05, 0) is 5.92 Å². The van der Waals surface area contributed by atoms with Gasteiger partial charge in [-0.3, -0.25) is 4.79 Å². The molecule has 0 saturated carbocycles. The third kappa shape index (κ3) is 3.21. The van der Waals surface area contributed by atoms with Crippen LogP contribution in [0.3, 0.4) is 0 Å². The predicted octanol–water partition coefficient (Wildman–Crippen LogP) is 1.03. The first-order chi connectivity index (χ1) is 7.02. The van der Waals surface area contributed by atoms with Gasteiger partial charge in [-0.2, -0.15) is 0 Å². The third-order valence-corrected chi connectivity index (χ3v) is 2.70. The highest BCUT2D eigenvalue weighted by atomic mass is 32.1. The molecule has 0 aromatic carbocycles. The standard InChI is InChI=1S/C8H12N4OS2/c1-4(2)6(7(9)14)8(13)11-5-3-10-12-15-5/h3-4,6H,1-2H3,(H2,9,14)(H,11,13). The van der Waals surface area contributed by atoms with E-state index >= 15 is 0 Å². The molecule has 15 heavy (non-hydrogen) atoms. The van der Waals surface area contributed by atoms with Gasteiger partial charge in [0.05, 0.1) is 17.1 Å². The fourth-order valence-corrected chi connectivity index (χ4v) is 1.98. The molecule has 0 saturated heterocycles. The average Bonchev–Trinajstić information content (AvgIpc) is 2.54. The molecule has 1 rings (SSSR count). The van der Waals surface area contributed by atoms with E-state index < -0.39 is 5.92 Å². The lowest BCUT2D eigenvalue weighted by Crippen LogP contribution is -2.36. The molecule has 0 aliphatic heterocycles. The first-order valence-corrected chi connectivity index (χ1v) is 5.58. The molecule has 1 atom stereocenters.